The number of halogens is 3. The Hall–Kier alpha value is -2.93. The lowest BCUT2D eigenvalue weighted by Crippen LogP contribution is -2.39. The van der Waals surface area contributed by atoms with E-state index in [1.54, 1.807) is 18.4 Å². The van der Waals surface area contributed by atoms with Crippen LogP contribution in [0.4, 0.5) is 0 Å². The highest BCUT2D eigenvalue weighted by Gasteiger charge is 2.33. The Morgan fingerprint density at radius 2 is 1.88 bits per heavy atom. The predicted octanol–water partition coefficient (Wildman–Crippen LogP) is 6.80. The van der Waals surface area contributed by atoms with Gasteiger partial charge in [0.1, 0.15) is 18.1 Å². The molecule has 4 aromatic rings. The van der Waals surface area contributed by atoms with Crippen LogP contribution in [0.1, 0.15) is 43.5 Å². The van der Waals surface area contributed by atoms with E-state index in [-0.39, 0.29) is 12.2 Å². The molecule has 0 unspecified atom stereocenters. The molecule has 5 rings (SSSR count). The van der Waals surface area contributed by atoms with Crippen molar-refractivity contribution in [3.8, 4) is 11.5 Å². The van der Waals surface area contributed by atoms with Crippen LogP contribution >= 0.6 is 61.5 Å². The second-order valence-electron chi connectivity index (χ2n) is 9.54. The number of aromatic nitrogens is 1. The second kappa shape index (κ2) is 13.8. The molecular weight excluding hydrogens is 767 g/mol. The predicted molar refractivity (Wildman–Crippen MR) is 181 cm³/mol. The molecule has 1 aromatic heterocycles. The molecule has 0 saturated carbocycles. The van der Waals surface area contributed by atoms with Crippen LogP contribution in [0.15, 0.2) is 86.2 Å². The van der Waals surface area contributed by atoms with Crippen LogP contribution in [-0.4, -0.2) is 23.8 Å². The summed E-state index contributed by atoms with van der Waals surface area (Å²) in [6, 6.07) is 18.1. The maximum Gasteiger partial charge on any atom is 0.338 e. The first-order valence-corrected chi connectivity index (χ1v) is 16.6. The van der Waals surface area contributed by atoms with E-state index in [9.17, 15) is 9.59 Å². The monoisotopic (exact) mass is 792 g/mol. The molecule has 0 amide bonds. The third kappa shape index (κ3) is 6.92. The summed E-state index contributed by atoms with van der Waals surface area (Å²) in [5, 5.41) is 0.654. The molecule has 7 nitrogen and oxygen atoms in total. The van der Waals surface area contributed by atoms with Gasteiger partial charge in [0.2, 0.25) is 0 Å². The summed E-state index contributed by atoms with van der Waals surface area (Å²) in [7, 11) is 0. The molecule has 0 N–H and O–H groups in total. The van der Waals surface area contributed by atoms with Crippen molar-refractivity contribution in [3.05, 3.63) is 121 Å². The number of ether oxygens (including phenoxy) is 3. The van der Waals surface area contributed by atoms with Gasteiger partial charge in [-0.05, 0) is 118 Å². The van der Waals surface area contributed by atoms with Crippen molar-refractivity contribution in [3.63, 3.8) is 0 Å². The van der Waals surface area contributed by atoms with Gasteiger partial charge in [0.05, 0.1) is 43.1 Å². The number of carbonyl (C=O) groups is 1. The van der Waals surface area contributed by atoms with Gasteiger partial charge in [0.25, 0.3) is 5.56 Å². The smallest absolute Gasteiger partial charge is 0.338 e. The van der Waals surface area contributed by atoms with Crippen molar-refractivity contribution >= 4 is 73.5 Å². The van der Waals surface area contributed by atoms with Crippen LogP contribution in [0.25, 0.3) is 6.08 Å². The number of esters is 1. The molecule has 0 aliphatic carbocycles. The Kier molecular flexibility index (Phi) is 10.1. The van der Waals surface area contributed by atoms with Gasteiger partial charge in [-0.15, -0.1) is 0 Å². The maximum atomic E-state index is 14.0. The van der Waals surface area contributed by atoms with E-state index < -0.39 is 12.0 Å². The van der Waals surface area contributed by atoms with Gasteiger partial charge in [-0.2, -0.15) is 0 Å². The summed E-state index contributed by atoms with van der Waals surface area (Å²) in [5.74, 6) is 0.908. The van der Waals surface area contributed by atoms with Gasteiger partial charge in [0.15, 0.2) is 4.80 Å². The summed E-state index contributed by atoms with van der Waals surface area (Å²) in [6.07, 6.45) is 1.83. The first-order valence-electron chi connectivity index (χ1n) is 13.5. The fourth-order valence-corrected chi connectivity index (χ4v) is 7.78. The summed E-state index contributed by atoms with van der Waals surface area (Å²) >= 11 is 13.2. The van der Waals surface area contributed by atoms with Gasteiger partial charge in [-0.25, -0.2) is 9.79 Å². The fraction of sp³-hybridized carbons (Fsp3) is 0.219. The molecule has 2 heterocycles. The van der Waals surface area contributed by atoms with Crippen molar-refractivity contribution < 1.29 is 19.0 Å². The normalized spacial score (nSPS) is 14.7. The van der Waals surface area contributed by atoms with E-state index in [0.717, 1.165) is 24.7 Å². The lowest BCUT2D eigenvalue weighted by Gasteiger charge is -2.24. The third-order valence-corrected chi connectivity index (χ3v) is 9.22. The molecule has 0 spiro atoms. The minimum atomic E-state index is -0.692. The molecule has 3 aromatic carbocycles. The zero-order chi connectivity index (χ0) is 30.7. The zero-order valence-electron chi connectivity index (χ0n) is 23.5. The van der Waals surface area contributed by atoms with Crippen LogP contribution < -0.4 is 24.4 Å². The number of allylic oxidation sites excluding steroid dienone is 1. The Bertz CT molecular complexity index is 1880. The standard InChI is InChI=1S/C32H27BrClIN2O5S/c1-4-40-23-11-9-21(10-12-23)28-27(31(39)41-5-2)18(3)36-32-37(28)30(38)26(43-32)16-20-14-24(33)29(25(35)15-20)42-17-19-7-6-8-22(34)13-19/h6-16,28H,4-5,17H2,1-3H3/b26-16-/t28-/m0/s1. The summed E-state index contributed by atoms with van der Waals surface area (Å²) < 4.78 is 20.8. The zero-order valence-corrected chi connectivity index (χ0v) is 28.8. The largest absolute Gasteiger partial charge is 0.494 e. The number of rotatable bonds is 9. The third-order valence-electron chi connectivity index (χ3n) is 6.61. The van der Waals surface area contributed by atoms with Gasteiger partial charge in [-0.1, -0.05) is 47.2 Å². The van der Waals surface area contributed by atoms with E-state index in [1.807, 2.05) is 73.7 Å². The van der Waals surface area contributed by atoms with E-state index in [1.165, 1.54) is 11.3 Å². The maximum absolute atomic E-state index is 14.0. The van der Waals surface area contributed by atoms with Crippen LogP contribution in [0.5, 0.6) is 11.5 Å². The highest BCUT2D eigenvalue weighted by atomic mass is 127. The number of nitrogens with zero attached hydrogens (tertiary/aromatic N) is 2. The number of thiazole rings is 1. The Morgan fingerprint density at radius 1 is 1.12 bits per heavy atom. The Balaban J connectivity index is 1.54. The number of fused-ring (bicyclic) bond motifs is 1. The number of hydrogen-bond donors (Lipinski definition) is 0. The molecular formula is C32H27BrClIN2O5S. The van der Waals surface area contributed by atoms with Crippen LogP contribution in [0.2, 0.25) is 5.02 Å². The van der Waals surface area contributed by atoms with Crippen molar-refractivity contribution in [2.24, 2.45) is 4.99 Å². The minimum Gasteiger partial charge on any atom is -0.494 e. The van der Waals surface area contributed by atoms with Crippen molar-refractivity contribution in [2.75, 3.05) is 13.2 Å². The van der Waals surface area contributed by atoms with Gasteiger partial charge in [0, 0.05) is 5.02 Å². The molecule has 43 heavy (non-hydrogen) atoms. The van der Waals surface area contributed by atoms with E-state index in [0.29, 0.717) is 50.3 Å². The second-order valence-corrected chi connectivity index (χ2v) is 13.0. The molecule has 0 fully saturated rings. The van der Waals surface area contributed by atoms with Crippen LogP contribution in [-0.2, 0) is 16.1 Å². The molecule has 1 aliphatic rings. The van der Waals surface area contributed by atoms with Crippen LogP contribution in [0.3, 0.4) is 0 Å². The lowest BCUT2D eigenvalue weighted by molar-refractivity contribution is -0.139. The number of benzene rings is 3. The molecule has 0 bridgehead atoms. The van der Waals surface area contributed by atoms with E-state index in [2.05, 4.69) is 43.5 Å². The number of hydrogen-bond acceptors (Lipinski definition) is 7. The van der Waals surface area contributed by atoms with Gasteiger partial charge in [-0.3, -0.25) is 9.36 Å². The summed E-state index contributed by atoms with van der Waals surface area (Å²) in [6.45, 7) is 6.54. The van der Waals surface area contributed by atoms with E-state index in [4.69, 9.17) is 25.8 Å². The average molecular weight is 794 g/mol. The van der Waals surface area contributed by atoms with Crippen molar-refractivity contribution in [1.29, 1.82) is 0 Å². The average Bonchev–Trinajstić information content (AvgIpc) is 3.26. The Morgan fingerprint density at radius 3 is 2.56 bits per heavy atom. The highest BCUT2D eigenvalue weighted by molar-refractivity contribution is 14.1. The molecule has 0 radical (unpaired) electrons. The fourth-order valence-electron chi connectivity index (χ4n) is 4.75. The first-order chi connectivity index (χ1) is 20.7. The van der Waals surface area contributed by atoms with Gasteiger partial charge < -0.3 is 14.2 Å². The van der Waals surface area contributed by atoms with Crippen molar-refractivity contribution in [1.82, 2.24) is 4.57 Å². The van der Waals surface area contributed by atoms with Crippen molar-refractivity contribution in [2.45, 2.75) is 33.4 Å². The number of carbonyl (C=O) groups excluding carboxylic acids is 1. The summed E-state index contributed by atoms with van der Waals surface area (Å²) in [4.78, 5) is 32.3. The van der Waals surface area contributed by atoms with Crippen LogP contribution in [0, 0.1) is 3.57 Å². The lowest BCUT2D eigenvalue weighted by atomic mass is 9.96. The topological polar surface area (TPSA) is 79.1 Å². The van der Waals surface area contributed by atoms with E-state index >= 15 is 0 Å². The molecule has 222 valence electrons. The molecule has 11 heteroatoms. The molecule has 1 aliphatic heterocycles. The first kappa shape index (κ1) is 31.5. The minimum absolute atomic E-state index is 0.211. The Labute approximate surface area is 279 Å². The molecule has 1 atom stereocenters. The SMILES string of the molecule is CCOC(=O)C1=C(C)N=c2s/c(=C\c3cc(Br)c(OCc4cccc(Cl)c4)c(I)c3)c(=O)n2[C@H]1c1ccc(OCC)cc1. The quantitative estimate of drug-likeness (QED) is 0.138. The highest BCUT2D eigenvalue weighted by Crippen LogP contribution is 2.34. The van der Waals surface area contributed by atoms with Gasteiger partial charge >= 0.3 is 5.97 Å². The molecule has 0 saturated heterocycles. The summed E-state index contributed by atoms with van der Waals surface area (Å²) in [5.41, 5.74) is 3.14.